The molecule has 28 heavy (non-hydrogen) atoms. The van der Waals surface area contributed by atoms with Crippen molar-refractivity contribution in [3.63, 3.8) is 0 Å². The summed E-state index contributed by atoms with van der Waals surface area (Å²) in [5.74, 6) is 0.00378. The number of hydrogen-bond acceptors (Lipinski definition) is 3. The van der Waals surface area contributed by atoms with Crippen LogP contribution in [0.1, 0.15) is 19.8 Å². The highest BCUT2D eigenvalue weighted by Gasteiger charge is 2.26. The fourth-order valence-electron chi connectivity index (χ4n) is 2.91. The standard InChI is InChI=1S/C25H29NO2/c1-19(2)11-12-20(3)21(4)13-14-22(5)28-25(27)23-15-17-26(18-16-23)24-9-7-6-8-10-24/h6-14,23H,1,3-5,15-18H2,2H3/b12-11-,14-13-. The molecule has 3 nitrogen and oxygen atoms in total. The van der Waals surface area contributed by atoms with Crippen LogP contribution in [0, 0.1) is 5.92 Å². The molecule has 0 bridgehead atoms. The number of allylic oxidation sites excluding steroid dienone is 7. The van der Waals surface area contributed by atoms with Gasteiger partial charge < -0.3 is 9.64 Å². The van der Waals surface area contributed by atoms with Crippen molar-refractivity contribution in [1.29, 1.82) is 0 Å². The topological polar surface area (TPSA) is 29.5 Å². The molecule has 146 valence electrons. The van der Waals surface area contributed by atoms with Crippen LogP contribution in [0.2, 0.25) is 0 Å². The minimum atomic E-state index is -0.214. The van der Waals surface area contributed by atoms with E-state index in [0.717, 1.165) is 42.7 Å². The third kappa shape index (κ3) is 6.58. The van der Waals surface area contributed by atoms with Crippen LogP contribution in [0.5, 0.6) is 0 Å². The van der Waals surface area contributed by atoms with Crippen molar-refractivity contribution >= 4 is 11.7 Å². The van der Waals surface area contributed by atoms with Gasteiger partial charge in [0.05, 0.1) is 5.92 Å². The molecular weight excluding hydrogens is 346 g/mol. The molecule has 0 aliphatic carbocycles. The average molecular weight is 376 g/mol. The zero-order chi connectivity index (χ0) is 20.5. The molecule has 1 aromatic carbocycles. The number of hydrogen-bond donors (Lipinski definition) is 0. The van der Waals surface area contributed by atoms with E-state index < -0.39 is 0 Å². The zero-order valence-corrected chi connectivity index (χ0v) is 16.7. The molecule has 1 fully saturated rings. The summed E-state index contributed by atoms with van der Waals surface area (Å²) in [4.78, 5) is 14.7. The lowest BCUT2D eigenvalue weighted by Gasteiger charge is -2.32. The molecular formula is C25H29NO2. The Labute approximate surface area is 168 Å². The third-order valence-corrected chi connectivity index (χ3v) is 4.63. The second-order valence-corrected chi connectivity index (χ2v) is 7.05. The minimum absolute atomic E-state index is 0.0956. The van der Waals surface area contributed by atoms with Crippen LogP contribution in [-0.4, -0.2) is 19.1 Å². The van der Waals surface area contributed by atoms with Gasteiger partial charge in [0, 0.05) is 18.8 Å². The van der Waals surface area contributed by atoms with Crippen LogP contribution in [0.4, 0.5) is 5.69 Å². The molecule has 0 amide bonds. The van der Waals surface area contributed by atoms with Gasteiger partial charge in [-0.15, -0.1) is 0 Å². The Morgan fingerprint density at radius 2 is 1.54 bits per heavy atom. The van der Waals surface area contributed by atoms with Crippen molar-refractivity contribution in [2.75, 3.05) is 18.0 Å². The molecule has 1 heterocycles. The van der Waals surface area contributed by atoms with Gasteiger partial charge in [0.25, 0.3) is 0 Å². The number of rotatable bonds is 8. The Morgan fingerprint density at radius 1 is 0.964 bits per heavy atom. The first-order valence-electron chi connectivity index (χ1n) is 9.47. The Bertz CT molecular complexity index is 806. The Kier molecular flexibility index (Phi) is 7.82. The first-order valence-corrected chi connectivity index (χ1v) is 9.47. The molecule has 0 unspecified atom stereocenters. The van der Waals surface area contributed by atoms with E-state index >= 15 is 0 Å². The first-order chi connectivity index (χ1) is 13.4. The molecule has 0 aromatic heterocycles. The van der Waals surface area contributed by atoms with Crippen LogP contribution < -0.4 is 4.90 Å². The molecule has 0 N–H and O–H groups in total. The predicted octanol–water partition coefficient (Wildman–Crippen LogP) is 5.76. The highest BCUT2D eigenvalue weighted by atomic mass is 16.5. The van der Waals surface area contributed by atoms with E-state index in [1.54, 1.807) is 12.2 Å². The molecule has 1 aliphatic rings. The number of piperidine rings is 1. The summed E-state index contributed by atoms with van der Waals surface area (Å²) >= 11 is 0. The molecule has 1 aromatic rings. The van der Waals surface area contributed by atoms with E-state index in [1.807, 2.05) is 37.3 Å². The lowest BCUT2D eigenvalue weighted by molar-refractivity contribution is -0.144. The molecule has 1 saturated heterocycles. The fourth-order valence-corrected chi connectivity index (χ4v) is 2.91. The number of carbonyl (C=O) groups excluding carboxylic acids is 1. The molecule has 1 aliphatic heterocycles. The van der Waals surface area contributed by atoms with E-state index in [4.69, 9.17) is 4.74 Å². The molecule has 0 spiro atoms. The summed E-state index contributed by atoms with van der Waals surface area (Å²) in [6, 6.07) is 10.3. The molecule has 2 rings (SSSR count). The average Bonchev–Trinajstić information content (AvgIpc) is 2.70. The number of para-hydroxylation sites is 1. The number of carbonyl (C=O) groups is 1. The number of benzene rings is 1. The first kappa shape index (κ1) is 21.2. The largest absolute Gasteiger partial charge is 0.427 e. The van der Waals surface area contributed by atoms with Crippen molar-refractivity contribution in [2.45, 2.75) is 19.8 Å². The highest BCUT2D eigenvalue weighted by molar-refractivity contribution is 5.74. The highest BCUT2D eigenvalue weighted by Crippen LogP contribution is 2.24. The van der Waals surface area contributed by atoms with Crippen LogP contribution >= 0.6 is 0 Å². The summed E-state index contributed by atoms with van der Waals surface area (Å²) in [5, 5.41) is 0. The van der Waals surface area contributed by atoms with Crippen LogP contribution in [0.3, 0.4) is 0 Å². The van der Waals surface area contributed by atoms with E-state index in [1.165, 1.54) is 5.69 Å². The van der Waals surface area contributed by atoms with Crippen LogP contribution in [-0.2, 0) is 9.53 Å². The quantitative estimate of drug-likeness (QED) is 0.329. The maximum atomic E-state index is 12.4. The fraction of sp³-hybridized carbons (Fsp3) is 0.240. The van der Waals surface area contributed by atoms with Crippen molar-refractivity contribution in [3.8, 4) is 0 Å². The van der Waals surface area contributed by atoms with E-state index in [2.05, 4.69) is 43.3 Å². The van der Waals surface area contributed by atoms with Gasteiger partial charge in [-0.1, -0.05) is 68.3 Å². The van der Waals surface area contributed by atoms with Gasteiger partial charge in [-0.25, -0.2) is 0 Å². The van der Waals surface area contributed by atoms with E-state index in [0.29, 0.717) is 5.76 Å². The summed E-state index contributed by atoms with van der Waals surface area (Å²) in [6.07, 6.45) is 8.68. The lowest BCUT2D eigenvalue weighted by atomic mass is 9.96. The maximum Gasteiger partial charge on any atom is 0.314 e. The van der Waals surface area contributed by atoms with Crippen molar-refractivity contribution in [3.05, 3.63) is 103 Å². The normalized spacial score (nSPS) is 15.0. The van der Waals surface area contributed by atoms with Gasteiger partial charge in [-0.05, 0) is 49.1 Å². The van der Waals surface area contributed by atoms with Gasteiger partial charge in [0.2, 0.25) is 0 Å². The summed E-state index contributed by atoms with van der Waals surface area (Å²) in [6.45, 7) is 19.1. The number of nitrogens with zero attached hydrogens (tertiary/aromatic N) is 1. The third-order valence-electron chi connectivity index (χ3n) is 4.63. The van der Waals surface area contributed by atoms with Gasteiger partial charge in [0.1, 0.15) is 5.76 Å². The van der Waals surface area contributed by atoms with E-state index in [9.17, 15) is 4.79 Å². The number of esters is 1. The molecule has 3 heteroatoms. The second-order valence-electron chi connectivity index (χ2n) is 7.05. The van der Waals surface area contributed by atoms with E-state index in [-0.39, 0.29) is 11.9 Å². The Balaban J connectivity index is 1.80. The number of ether oxygens (including phenoxy) is 1. The smallest absolute Gasteiger partial charge is 0.314 e. The Hall–Kier alpha value is -3.07. The minimum Gasteiger partial charge on any atom is -0.427 e. The Morgan fingerprint density at radius 3 is 2.11 bits per heavy atom. The van der Waals surface area contributed by atoms with Gasteiger partial charge in [0.15, 0.2) is 0 Å². The van der Waals surface area contributed by atoms with Crippen LogP contribution in [0.25, 0.3) is 0 Å². The summed E-state index contributed by atoms with van der Waals surface area (Å²) in [5.41, 5.74) is 3.63. The summed E-state index contributed by atoms with van der Waals surface area (Å²) < 4.78 is 5.42. The van der Waals surface area contributed by atoms with Crippen molar-refractivity contribution in [2.24, 2.45) is 5.92 Å². The number of anilines is 1. The van der Waals surface area contributed by atoms with Gasteiger partial charge in [-0.2, -0.15) is 0 Å². The molecule has 0 saturated carbocycles. The van der Waals surface area contributed by atoms with Gasteiger partial charge >= 0.3 is 5.97 Å². The monoisotopic (exact) mass is 375 g/mol. The second kappa shape index (κ2) is 10.3. The van der Waals surface area contributed by atoms with Gasteiger partial charge in [-0.3, -0.25) is 4.79 Å². The van der Waals surface area contributed by atoms with Crippen molar-refractivity contribution < 1.29 is 9.53 Å². The lowest BCUT2D eigenvalue weighted by Crippen LogP contribution is -2.36. The predicted molar refractivity (Wildman–Crippen MR) is 118 cm³/mol. The zero-order valence-electron chi connectivity index (χ0n) is 16.7. The maximum absolute atomic E-state index is 12.4. The van der Waals surface area contributed by atoms with Crippen molar-refractivity contribution in [1.82, 2.24) is 0 Å². The SMILES string of the molecule is C=C(C)/C=C\C(=C)C(=C)/C=C\C(=C)OC(=O)C1CCN(c2ccccc2)CC1. The summed E-state index contributed by atoms with van der Waals surface area (Å²) in [7, 11) is 0. The molecule has 0 atom stereocenters. The molecule has 0 radical (unpaired) electrons. The van der Waals surface area contributed by atoms with Crippen LogP contribution in [0.15, 0.2) is 103 Å².